The number of rotatable bonds is 3. The maximum Gasteiger partial charge on any atom is 0.261 e. The molecule has 4 nitrogen and oxygen atoms in total. The first kappa shape index (κ1) is 23.8. The van der Waals surface area contributed by atoms with Crippen LogP contribution < -0.4 is 0 Å². The van der Waals surface area contributed by atoms with Gasteiger partial charge in [-0.25, -0.2) is 8.78 Å². The largest absolute Gasteiger partial charge is 0.299 e. The molecule has 4 saturated heterocycles. The Balaban J connectivity index is 1.43. The molecule has 31 heavy (non-hydrogen) atoms. The summed E-state index contributed by atoms with van der Waals surface area (Å²) in [4.78, 5) is 10.2. The maximum atomic E-state index is 13.9. The van der Waals surface area contributed by atoms with E-state index in [4.69, 9.17) is 0 Å². The summed E-state index contributed by atoms with van der Waals surface area (Å²) < 4.78 is 27.8. The zero-order chi connectivity index (χ0) is 22.6. The third-order valence-corrected chi connectivity index (χ3v) is 8.56. The van der Waals surface area contributed by atoms with Gasteiger partial charge >= 0.3 is 0 Å². The van der Waals surface area contributed by atoms with Gasteiger partial charge in [-0.1, -0.05) is 0 Å². The van der Waals surface area contributed by atoms with Gasteiger partial charge in [0.1, 0.15) is 0 Å². The number of nitrogens with zero attached hydrogens (tertiary/aromatic N) is 4. The molecule has 180 valence electrons. The third-order valence-electron chi connectivity index (χ3n) is 8.56. The average Bonchev–Trinajstić information content (AvgIpc) is 3.38. The second-order valence-corrected chi connectivity index (χ2v) is 12.8. The minimum absolute atomic E-state index is 0.0346. The highest BCUT2D eigenvalue weighted by molar-refractivity contribution is 5.02. The Kier molecular flexibility index (Phi) is 6.53. The molecule has 4 aliphatic rings. The first-order chi connectivity index (χ1) is 14.3. The highest BCUT2D eigenvalue weighted by Gasteiger charge is 2.49. The van der Waals surface area contributed by atoms with Crippen molar-refractivity contribution in [3.05, 3.63) is 0 Å². The third kappa shape index (κ3) is 5.28. The summed E-state index contributed by atoms with van der Waals surface area (Å²) in [5.41, 5.74) is 0.337. The van der Waals surface area contributed by atoms with Gasteiger partial charge in [-0.15, -0.1) is 0 Å². The van der Waals surface area contributed by atoms with Crippen LogP contribution in [-0.4, -0.2) is 101 Å². The lowest BCUT2D eigenvalue weighted by molar-refractivity contribution is 0.00748. The highest BCUT2D eigenvalue weighted by atomic mass is 19.3. The van der Waals surface area contributed by atoms with E-state index in [0.29, 0.717) is 24.5 Å². The van der Waals surface area contributed by atoms with Crippen LogP contribution in [-0.2, 0) is 0 Å². The quantitative estimate of drug-likeness (QED) is 0.653. The number of piperidine rings is 1. The van der Waals surface area contributed by atoms with E-state index in [1.54, 1.807) is 0 Å². The molecule has 0 aromatic rings. The molecule has 2 unspecified atom stereocenters. The van der Waals surface area contributed by atoms with Gasteiger partial charge < -0.3 is 0 Å². The lowest BCUT2D eigenvalue weighted by Crippen LogP contribution is -2.53. The number of likely N-dealkylation sites (tertiary alicyclic amines) is 4. The van der Waals surface area contributed by atoms with Crippen LogP contribution in [0.25, 0.3) is 0 Å². The van der Waals surface area contributed by atoms with E-state index in [2.05, 4.69) is 61.1 Å². The summed E-state index contributed by atoms with van der Waals surface area (Å²) in [6.45, 7) is 20.2. The molecule has 0 bridgehead atoms. The lowest BCUT2D eigenvalue weighted by atomic mass is 9.86. The summed E-state index contributed by atoms with van der Waals surface area (Å²) in [6.07, 6.45) is 4.94. The van der Waals surface area contributed by atoms with Gasteiger partial charge in [0, 0.05) is 68.3 Å². The lowest BCUT2D eigenvalue weighted by Gasteiger charge is -2.45. The molecule has 0 aliphatic carbocycles. The van der Waals surface area contributed by atoms with Gasteiger partial charge in [-0.2, -0.15) is 0 Å². The van der Waals surface area contributed by atoms with Crippen molar-refractivity contribution < 1.29 is 8.78 Å². The van der Waals surface area contributed by atoms with Crippen LogP contribution in [0.5, 0.6) is 0 Å². The van der Waals surface area contributed by atoms with Gasteiger partial charge in [0.25, 0.3) is 5.92 Å². The minimum Gasteiger partial charge on any atom is -0.299 e. The Morgan fingerprint density at radius 1 is 0.774 bits per heavy atom. The molecule has 4 atom stereocenters. The van der Waals surface area contributed by atoms with Crippen molar-refractivity contribution in [2.24, 2.45) is 5.92 Å². The summed E-state index contributed by atoms with van der Waals surface area (Å²) in [5, 5.41) is 0. The molecule has 4 aliphatic heterocycles. The topological polar surface area (TPSA) is 13.0 Å². The van der Waals surface area contributed by atoms with Crippen LogP contribution in [0.2, 0.25) is 0 Å². The van der Waals surface area contributed by atoms with Crippen LogP contribution in [0.15, 0.2) is 0 Å². The van der Waals surface area contributed by atoms with Crippen molar-refractivity contribution in [1.29, 1.82) is 0 Å². The Morgan fingerprint density at radius 2 is 1.52 bits per heavy atom. The molecule has 0 radical (unpaired) electrons. The van der Waals surface area contributed by atoms with Crippen molar-refractivity contribution in [2.75, 3.05) is 45.8 Å². The molecule has 0 spiro atoms. The SMILES string of the molecule is CC(C)(C)N1CC[C@H](N2CCCC(C3C[C@H](N4CCC(F)(F)C4)CN3C(C)(C)C)C2)C1. The van der Waals surface area contributed by atoms with Gasteiger partial charge in [-0.05, 0) is 79.7 Å². The molecule has 0 aromatic carbocycles. The Bertz CT molecular complexity index is 626. The standard InChI is InChI=1S/C25H46F2N4/c1-23(2,3)30-12-9-20(16-30)28-11-7-8-19(15-28)22-14-21(17-31(22)24(4,5)6)29-13-10-25(26,27)18-29/h19-22H,7-18H2,1-6H3/t19?,20-,21-,22?/m0/s1. The normalized spacial score (nSPS) is 37.2. The van der Waals surface area contributed by atoms with Crippen LogP contribution in [0, 0.1) is 5.92 Å². The van der Waals surface area contributed by atoms with E-state index in [1.165, 1.54) is 45.4 Å². The van der Waals surface area contributed by atoms with Gasteiger partial charge in [0.2, 0.25) is 0 Å². The molecule has 6 heteroatoms. The van der Waals surface area contributed by atoms with Crippen molar-refractivity contribution in [1.82, 2.24) is 19.6 Å². The zero-order valence-electron chi connectivity index (χ0n) is 20.8. The van der Waals surface area contributed by atoms with Gasteiger partial charge in [-0.3, -0.25) is 19.6 Å². The molecular weight excluding hydrogens is 394 g/mol. The minimum atomic E-state index is -2.49. The summed E-state index contributed by atoms with van der Waals surface area (Å²) >= 11 is 0. The summed E-state index contributed by atoms with van der Waals surface area (Å²) in [6, 6.07) is 1.48. The number of hydrogen-bond acceptors (Lipinski definition) is 4. The van der Waals surface area contributed by atoms with E-state index in [0.717, 1.165) is 13.0 Å². The highest BCUT2D eigenvalue weighted by Crippen LogP contribution is 2.40. The molecule has 0 amide bonds. The van der Waals surface area contributed by atoms with Gasteiger partial charge in [0.15, 0.2) is 0 Å². The first-order valence-corrected chi connectivity index (χ1v) is 12.7. The van der Waals surface area contributed by atoms with E-state index in [9.17, 15) is 8.78 Å². The van der Waals surface area contributed by atoms with Crippen LogP contribution >= 0.6 is 0 Å². The Morgan fingerprint density at radius 3 is 2.10 bits per heavy atom. The maximum absolute atomic E-state index is 13.9. The smallest absolute Gasteiger partial charge is 0.261 e. The molecule has 0 N–H and O–H groups in total. The van der Waals surface area contributed by atoms with Crippen LogP contribution in [0.1, 0.15) is 73.6 Å². The summed E-state index contributed by atoms with van der Waals surface area (Å²) in [5.74, 6) is -1.84. The van der Waals surface area contributed by atoms with E-state index in [1.807, 2.05) is 0 Å². The van der Waals surface area contributed by atoms with E-state index >= 15 is 0 Å². The monoisotopic (exact) mass is 440 g/mol. The van der Waals surface area contributed by atoms with Crippen molar-refractivity contribution in [3.63, 3.8) is 0 Å². The molecular formula is C25H46F2N4. The molecule has 0 saturated carbocycles. The molecule has 4 fully saturated rings. The van der Waals surface area contributed by atoms with Crippen molar-refractivity contribution >= 4 is 0 Å². The predicted molar refractivity (Wildman–Crippen MR) is 124 cm³/mol. The van der Waals surface area contributed by atoms with Gasteiger partial charge in [0.05, 0.1) is 6.54 Å². The fraction of sp³-hybridized carbons (Fsp3) is 1.00. The number of halogens is 2. The first-order valence-electron chi connectivity index (χ1n) is 12.7. The molecule has 4 rings (SSSR count). The van der Waals surface area contributed by atoms with E-state index in [-0.39, 0.29) is 30.1 Å². The second-order valence-electron chi connectivity index (χ2n) is 12.8. The van der Waals surface area contributed by atoms with Crippen molar-refractivity contribution in [3.8, 4) is 0 Å². The zero-order valence-corrected chi connectivity index (χ0v) is 20.8. The average molecular weight is 441 g/mol. The number of alkyl halides is 2. The number of hydrogen-bond donors (Lipinski definition) is 0. The predicted octanol–water partition coefficient (Wildman–Crippen LogP) is 4.15. The van der Waals surface area contributed by atoms with Crippen molar-refractivity contribution in [2.45, 2.75) is 109 Å². The molecule has 0 aromatic heterocycles. The van der Waals surface area contributed by atoms with Crippen LogP contribution in [0.4, 0.5) is 8.78 Å². The Hall–Kier alpha value is -0.300. The molecule has 4 heterocycles. The fourth-order valence-corrected chi connectivity index (χ4v) is 6.74. The second kappa shape index (κ2) is 8.48. The summed E-state index contributed by atoms with van der Waals surface area (Å²) in [7, 11) is 0. The Labute approximate surface area is 189 Å². The van der Waals surface area contributed by atoms with E-state index < -0.39 is 5.92 Å². The van der Waals surface area contributed by atoms with Crippen LogP contribution in [0.3, 0.4) is 0 Å². The fourth-order valence-electron chi connectivity index (χ4n) is 6.74.